The Morgan fingerprint density at radius 2 is 2.13 bits per heavy atom. The van der Waals surface area contributed by atoms with E-state index in [0.29, 0.717) is 0 Å². The van der Waals surface area contributed by atoms with Crippen LogP contribution in [-0.2, 0) is 22.4 Å². The Morgan fingerprint density at radius 3 is 2.87 bits per heavy atom. The van der Waals surface area contributed by atoms with E-state index in [9.17, 15) is 4.79 Å². The van der Waals surface area contributed by atoms with Crippen LogP contribution < -0.4 is 5.32 Å². The van der Waals surface area contributed by atoms with Crippen LogP contribution in [0.15, 0.2) is 36.0 Å². The number of para-hydroxylation sites is 1. The number of nitrogens with zero attached hydrogens (tertiary/aromatic N) is 1. The number of hydrogen-bond donors (Lipinski definition) is 1. The van der Waals surface area contributed by atoms with E-state index in [4.69, 9.17) is 9.72 Å². The Morgan fingerprint density at radius 1 is 1.35 bits per heavy atom. The standard InChI is InChI=1S/C19H22N2O2/c1-4-15(12(2)19(22)23-3)21-18-13-8-5-6-10-16(13)20-17-11-7-9-14(17)18/h4-6,8,10,12H,7,9,11H2,1-3H3,(H,20,21)/b15-4+. The van der Waals surface area contributed by atoms with E-state index in [2.05, 4.69) is 11.4 Å². The number of aryl methyl sites for hydroxylation is 1. The van der Waals surface area contributed by atoms with E-state index in [1.54, 1.807) is 0 Å². The normalized spacial score (nSPS) is 15.3. The predicted octanol–water partition coefficient (Wildman–Crippen LogP) is 3.85. The topological polar surface area (TPSA) is 51.2 Å². The quantitative estimate of drug-likeness (QED) is 0.872. The molecule has 1 aromatic carbocycles. The number of rotatable bonds is 4. The van der Waals surface area contributed by atoms with Gasteiger partial charge in [-0.25, -0.2) is 0 Å². The molecule has 0 aliphatic heterocycles. The third kappa shape index (κ3) is 2.81. The zero-order valence-electron chi connectivity index (χ0n) is 13.8. The summed E-state index contributed by atoms with van der Waals surface area (Å²) in [6.45, 7) is 3.79. The van der Waals surface area contributed by atoms with E-state index in [0.717, 1.165) is 41.5 Å². The van der Waals surface area contributed by atoms with Crippen molar-refractivity contribution in [2.45, 2.75) is 33.1 Å². The summed E-state index contributed by atoms with van der Waals surface area (Å²) in [5.41, 5.74) is 5.40. The minimum atomic E-state index is -0.325. The first-order valence-corrected chi connectivity index (χ1v) is 8.07. The Bertz CT molecular complexity index is 780. The van der Waals surface area contributed by atoms with Crippen molar-refractivity contribution in [1.82, 2.24) is 4.98 Å². The van der Waals surface area contributed by atoms with Crippen LogP contribution in [0.25, 0.3) is 10.9 Å². The van der Waals surface area contributed by atoms with Crippen LogP contribution in [0.3, 0.4) is 0 Å². The molecule has 0 saturated carbocycles. The van der Waals surface area contributed by atoms with Gasteiger partial charge in [0.2, 0.25) is 0 Å². The Balaban J connectivity index is 2.07. The van der Waals surface area contributed by atoms with Crippen molar-refractivity contribution in [3.63, 3.8) is 0 Å². The minimum absolute atomic E-state index is 0.236. The van der Waals surface area contributed by atoms with Gasteiger partial charge in [0.25, 0.3) is 0 Å². The number of nitrogens with one attached hydrogen (secondary N) is 1. The third-order valence-corrected chi connectivity index (χ3v) is 4.52. The van der Waals surface area contributed by atoms with E-state index in [-0.39, 0.29) is 11.9 Å². The van der Waals surface area contributed by atoms with Crippen molar-refractivity contribution in [1.29, 1.82) is 0 Å². The van der Waals surface area contributed by atoms with Crippen molar-refractivity contribution in [3.05, 3.63) is 47.3 Å². The number of pyridine rings is 1. The molecule has 0 amide bonds. The molecule has 0 fully saturated rings. The molecule has 23 heavy (non-hydrogen) atoms. The number of benzene rings is 1. The van der Waals surface area contributed by atoms with Crippen LogP contribution in [0.5, 0.6) is 0 Å². The Labute approximate surface area is 136 Å². The summed E-state index contributed by atoms with van der Waals surface area (Å²) in [5.74, 6) is -0.561. The Kier molecular flexibility index (Phi) is 4.33. The third-order valence-electron chi connectivity index (χ3n) is 4.52. The number of anilines is 1. The molecule has 1 unspecified atom stereocenters. The number of fused-ring (bicyclic) bond motifs is 2. The second-order valence-corrected chi connectivity index (χ2v) is 5.90. The lowest BCUT2D eigenvalue weighted by Gasteiger charge is -2.20. The summed E-state index contributed by atoms with van der Waals surface area (Å²) in [6.07, 6.45) is 5.12. The van der Waals surface area contributed by atoms with Crippen LogP contribution >= 0.6 is 0 Å². The summed E-state index contributed by atoms with van der Waals surface area (Å²) >= 11 is 0. The molecule has 0 radical (unpaired) electrons. The molecule has 0 bridgehead atoms. The highest BCUT2D eigenvalue weighted by molar-refractivity contribution is 5.94. The number of methoxy groups -OCH3 is 1. The minimum Gasteiger partial charge on any atom is -0.469 e. The fraction of sp³-hybridized carbons (Fsp3) is 0.368. The second kappa shape index (κ2) is 6.41. The summed E-state index contributed by atoms with van der Waals surface area (Å²) < 4.78 is 4.88. The highest BCUT2D eigenvalue weighted by Gasteiger charge is 2.23. The molecule has 2 aromatic rings. The van der Waals surface area contributed by atoms with Crippen molar-refractivity contribution in [2.75, 3.05) is 12.4 Å². The van der Waals surface area contributed by atoms with Gasteiger partial charge in [-0.05, 0) is 44.7 Å². The van der Waals surface area contributed by atoms with E-state index >= 15 is 0 Å². The van der Waals surface area contributed by atoms with Gasteiger partial charge in [-0.15, -0.1) is 0 Å². The first-order chi connectivity index (χ1) is 11.2. The summed E-state index contributed by atoms with van der Waals surface area (Å²) in [7, 11) is 1.42. The molecule has 1 aliphatic rings. The monoisotopic (exact) mass is 310 g/mol. The van der Waals surface area contributed by atoms with Gasteiger partial charge < -0.3 is 10.1 Å². The number of esters is 1. The molecule has 0 saturated heterocycles. The van der Waals surface area contributed by atoms with E-state index in [1.807, 2.05) is 38.1 Å². The maximum absolute atomic E-state index is 11.9. The maximum Gasteiger partial charge on any atom is 0.314 e. The number of hydrogen-bond acceptors (Lipinski definition) is 4. The lowest BCUT2D eigenvalue weighted by Crippen LogP contribution is -2.20. The highest BCUT2D eigenvalue weighted by Crippen LogP contribution is 2.35. The first kappa shape index (κ1) is 15.5. The number of ether oxygens (including phenoxy) is 1. The van der Waals surface area contributed by atoms with Gasteiger partial charge in [-0.2, -0.15) is 0 Å². The molecule has 1 atom stereocenters. The molecular formula is C19H22N2O2. The highest BCUT2D eigenvalue weighted by atomic mass is 16.5. The number of allylic oxidation sites excluding steroid dienone is 1. The summed E-state index contributed by atoms with van der Waals surface area (Å²) in [5, 5.41) is 4.61. The van der Waals surface area contributed by atoms with Gasteiger partial charge in [0.15, 0.2) is 0 Å². The first-order valence-electron chi connectivity index (χ1n) is 8.07. The molecule has 1 N–H and O–H groups in total. The van der Waals surface area contributed by atoms with Crippen molar-refractivity contribution < 1.29 is 9.53 Å². The predicted molar refractivity (Wildman–Crippen MR) is 92.3 cm³/mol. The largest absolute Gasteiger partial charge is 0.469 e. The molecular weight excluding hydrogens is 288 g/mol. The Hall–Kier alpha value is -2.36. The maximum atomic E-state index is 11.9. The lowest BCUT2D eigenvalue weighted by molar-refractivity contribution is -0.143. The van der Waals surface area contributed by atoms with Gasteiger partial charge in [-0.3, -0.25) is 9.78 Å². The zero-order chi connectivity index (χ0) is 16.4. The average Bonchev–Trinajstić information content (AvgIpc) is 3.05. The number of aromatic nitrogens is 1. The fourth-order valence-corrected chi connectivity index (χ4v) is 3.23. The molecule has 1 heterocycles. The molecule has 4 nitrogen and oxygen atoms in total. The molecule has 120 valence electrons. The van der Waals surface area contributed by atoms with Crippen molar-refractivity contribution >= 4 is 22.6 Å². The van der Waals surface area contributed by atoms with Crippen LogP contribution in [0.4, 0.5) is 5.69 Å². The number of carbonyl (C=O) groups excluding carboxylic acids is 1. The van der Waals surface area contributed by atoms with Gasteiger partial charge in [0, 0.05) is 16.8 Å². The molecule has 1 aliphatic carbocycles. The van der Waals surface area contributed by atoms with Crippen molar-refractivity contribution in [2.24, 2.45) is 5.92 Å². The lowest BCUT2D eigenvalue weighted by atomic mass is 10.0. The molecule has 4 heteroatoms. The smallest absolute Gasteiger partial charge is 0.314 e. The molecule has 3 rings (SSSR count). The van der Waals surface area contributed by atoms with Crippen LogP contribution in [-0.4, -0.2) is 18.1 Å². The zero-order valence-corrected chi connectivity index (χ0v) is 13.8. The van der Waals surface area contributed by atoms with E-state index in [1.165, 1.54) is 18.4 Å². The van der Waals surface area contributed by atoms with Crippen LogP contribution in [0.1, 0.15) is 31.5 Å². The molecule has 0 spiro atoms. The molecule has 1 aromatic heterocycles. The SMILES string of the molecule is C/C=C(/Nc1c2c(nc3ccccc13)CCC2)C(C)C(=O)OC. The van der Waals surface area contributed by atoms with Gasteiger partial charge in [-0.1, -0.05) is 24.3 Å². The van der Waals surface area contributed by atoms with Crippen molar-refractivity contribution in [3.8, 4) is 0 Å². The second-order valence-electron chi connectivity index (χ2n) is 5.90. The van der Waals surface area contributed by atoms with E-state index < -0.39 is 0 Å². The number of carbonyl (C=O) groups is 1. The van der Waals surface area contributed by atoms with Gasteiger partial charge >= 0.3 is 5.97 Å². The van der Waals surface area contributed by atoms with Gasteiger partial charge in [0.05, 0.1) is 24.2 Å². The summed E-state index contributed by atoms with van der Waals surface area (Å²) in [4.78, 5) is 16.7. The fourth-order valence-electron chi connectivity index (χ4n) is 3.23. The summed E-state index contributed by atoms with van der Waals surface area (Å²) in [6, 6.07) is 8.15. The average molecular weight is 310 g/mol. The van der Waals surface area contributed by atoms with Crippen LogP contribution in [0.2, 0.25) is 0 Å². The van der Waals surface area contributed by atoms with Gasteiger partial charge in [0.1, 0.15) is 0 Å². The van der Waals surface area contributed by atoms with Crippen LogP contribution in [0, 0.1) is 5.92 Å².